The molecule has 0 radical (unpaired) electrons. The summed E-state index contributed by atoms with van der Waals surface area (Å²) >= 11 is 0. The Hall–Kier alpha value is -0.660. The zero-order chi connectivity index (χ0) is 8.85. The van der Waals surface area contributed by atoms with Crippen molar-refractivity contribution in [3.63, 3.8) is 0 Å². The molecule has 1 heterocycles. The first kappa shape index (κ1) is 10.3. The lowest BCUT2D eigenvalue weighted by atomic mass is 10.1. The predicted molar refractivity (Wildman–Crippen MR) is 51.6 cm³/mol. The highest BCUT2D eigenvalue weighted by Gasteiger charge is 2.11. The summed E-state index contributed by atoms with van der Waals surface area (Å²) < 4.78 is 0. The van der Waals surface area contributed by atoms with Gasteiger partial charge in [-0.1, -0.05) is 27.7 Å². The smallest absolute Gasteiger partial charge is 0.130 e. The Labute approximate surface area is 69.4 Å². The van der Waals surface area contributed by atoms with E-state index >= 15 is 0 Å². The van der Waals surface area contributed by atoms with Crippen molar-refractivity contribution in [2.24, 2.45) is 15.9 Å². The topological polar surface area (TPSA) is 24.7 Å². The van der Waals surface area contributed by atoms with Gasteiger partial charge >= 0.3 is 0 Å². The van der Waals surface area contributed by atoms with Crippen LogP contribution in [-0.4, -0.2) is 18.1 Å². The van der Waals surface area contributed by atoms with Crippen molar-refractivity contribution < 1.29 is 0 Å². The molecule has 0 N–H and O–H groups in total. The quantitative estimate of drug-likeness (QED) is 0.554. The summed E-state index contributed by atoms with van der Waals surface area (Å²) in [6.45, 7) is 11.0. The average molecular weight is 154 g/mol. The third-order valence-electron chi connectivity index (χ3n) is 1.47. The van der Waals surface area contributed by atoms with Crippen molar-refractivity contribution in [2.75, 3.05) is 6.67 Å². The molecule has 11 heavy (non-hydrogen) atoms. The van der Waals surface area contributed by atoms with Gasteiger partial charge in [0.1, 0.15) is 6.67 Å². The Kier molecular flexibility index (Phi) is 4.75. The van der Waals surface area contributed by atoms with E-state index in [9.17, 15) is 0 Å². The molecule has 1 rings (SSSR count). The lowest BCUT2D eigenvalue weighted by molar-refractivity contribution is 0.890. The summed E-state index contributed by atoms with van der Waals surface area (Å²) in [5, 5.41) is 0. The molecule has 0 unspecified atom stereocenters. The van der Waals surface area contributed by atoms with Crippen LogP contribution in [0.5, 0.6) is 0 Å². The molecule has 1 aliphatic heterocycles. The van der Waals surface area contributed by atoms with Crippen LogP contribution in [0.25, 0.3) is 0 Å². The molecule has 0 spiro atoms. The van der Waals surface area contributed by atoms with E-state index in [1.807, 2.05) is 20.8 Å². The Balaban J connectivity index is 0.000000461. The van der Waals surface area contributed by atoms with E-state index < -0.39 is 0 Å². The van der Waals surface area contributed by atoms with Crippen LogP contribution >= 0.6 is 0 Å². The summed E-state index contributed by atoms with van der Waals surface area (Å²) in [5.74, 6) is 0.538. The van der Waals surface area contributed by atoms with Gasteiger partial charge in [-0.15, -0.1) is 0 Å². The second-order valence-corrected chi connectivity index (χ2v) is 2.58. The lowest BCUT2D eigenvalue weighted by Crippen LogP contribution is -2.13. The van der Waals surface area contributed by atoms with E-state index in [0.717, 1.165) is 5.71 Å². The highest BCUT2D eigenvalue weighted by atomic mass is 15.0. The molecule has 2 heteroatoms. The largest absolute Gasteiger partial charge is 0.265 e. The van der Waals surface area contributed by atoms with E-state index in [4.69, 9.17) is 0 Å². The molecule has 0 atom stereocenters. The number of rotatable bonds is 1. The van der Waals surface area contributed by atoms with Crippen LogP contribution in [0.15, 0.2) is 9.98 Å². The molecule has 0 aliphatic carbocycles. The third-order valence-corrected chi connectivity index (χ3v) is 1.47. The summed E-state index contributed by atoms with van der Waals surface area (Å²) in [5.41, 5.74) is 2.29. The zero-order valence-corrected chi connectivity index (χ0v) is 8.18. The molecule has 0 bridgehead atoms. The van der Waals surface area contributed by atoms with Crippen molar-refractivity contribution in [1.29, 1.82) is 0 Å². The molecule has 64 valence electrons. The standard InChI is InChI=1S/C7H12N2.C2H6/c1-5(2)7-6(3)8-4-9-7;1-2/h5H,4H2,1-3H3;1-2H3. The second-order valence-electron chi connectivity index (χ2n) is 2.58. The second kappa shape index (κ2) is 5.05. The maximum absolute atomic E-state index is 4.23. The van der Waals surface area contributed by atoms with E-state index in [2.05, 4.69) is 23.8 Å². The van der Waals surface area contributed by atoms with Gasteiger partial charge in [-0.05, 0) is 12.8 Å². The van der Waals surface area contributed by atoms with Gasteiger partial charge in [-0.2, -0.15) is 0 Å². The van der Waals surface area contributed by atoms with Crippen molar-refractivity contribution in [3.8, 4) is 0 Å². The highest BCUT2D eigenvalue weighted by Crippen LogP contribution is 2.04. The van der Waals surface area contributed by atoms with Gasteiger partial charge in [-0.3, -0.25) is 9.98 Å². The van der Waals surface area contributed by atoms with Crippen molar-refractivity contribution in [2.45, 2.75) is 34.6 Å². The molecule has 1 aliphatic rings. The maximum atomic E-state index is 4.23. The molecular weight excluding hydrogens is 136 g/mol. The normalized spacial score (nSPS) is 15.5. The average Bonchev–Trinajstić information content (AvgIpc) is 2.39. The maximum Gasteiger partial charge on any atom is 0.130 e. The summed E-state index contributed by atoms with van der Waals surface area (Å²) in [4.78, 5) is 8.38. The van der Waals surface area contributed by atoms with E-state index in [0.29, 0.717) is 12.6 Å². The summed E-state index contributed by atoms with van der Waals surface area (Å²) in [7, 11) is 0. The molecular formula is C9H18N2. The fourth-order valence-electron chi connectivity index (χ4n) is 1.01. The lowest BCUT2D eigenvalue weighted by Gasteiger charge is -2.02. The minimum Gasteiger partial charge on any atom is -0.265 e. The molecule has 0 saturated carbocycles. The molecule has 0 saturated heterocycles. The van der Waals surface area contributed by atoms with Crippen LogP contribution in [0.3, 0.4) is 0 Å². The molecule has 0 aromatic carbocycles. The van der Waals surface area contributed by atoms with Crippen LogP contribution in [-0.2, 0) is 0 Å². The Bertz CT molecular complexity index is 166. The predicted octanol–water partition coefficient (Wildman–Crippen LogP) is 2.54. The first-order valence-corrected chi connectivity index (χ1v) is 4.27. The summed E-state index contributed by atoms with van der Waals surface area (Å²) in [6, 6.07) is 0. The van der Waals surface area contributed by atoms with Gasteiger partial charge in [0.05, 0.1) is 11.4 Å². The van der Waals surface area contributed by atoms with E-state index in [-0.39, 0.29) is 0 Å². The number of hydrogen-bond acceptors (Lipinski definition) is 2. The SMILES string of the molecule is CC.CC1=NCN=C1C(C)C. The minimum absolute atomic E-state index is 0.538. The van der Waals surface area contributed by atoms with Crippen LogP contribution in [0.1, 0.15) is 34.6 Å². The van der Waals surface area contributed by atoms with Crippen LogP contribution in [0.2, 0.25) is 0 Å². The first-order chi connectivity index (χ1) is 5.22. The Morgan fingerprint density at radius 1 is 1.18 bits per heavy atom. The van der Waals surface area contributed by atoms with Crippen LogP contribution in [0, 0.1) is 5.92 Å². The third kappa shape index (κ3) is 2.83. The fourth-order valence-corrected chi connectivity index (χ4v) is 1.01. The van der Waals surface area contributed by atoms with Crippen molar-refractivity contribution in [3.05, 3.63) is 0 Å². The van der Waals surface area contributed by atoms with Gasteiger partial charge in [0.15, 0.2) is 0 Å². The zero-order valence-electron chi connectivity index (χ0n) is 8.18. The van der Waals surface area contributed by atoms with Gasteiger partial charge in [0.25, 0.3) is 0 Å². The van der Waals surface area contributed by atoms with Crippen molar-refractivity contribution >= 4 is 11.4 Å². The number of aliphatic imine (C=N–C) groups is 2. The monoisotopic (exact) mass is 154 g/mol. The Morgan fingerprint density at radius 3 is 1.91 bits per heavy atom. The molecule has 0 aromatic rings. The van der Waals surface area contributed by atoms with Gasteiger partial charge in [0.2, 0.25) is 0 Å². The van der Waals surface area contributed by atoms with Crippen molar-refractivity contribution in [1.82, 2.24) is 0 Å². The highest BCUT2D eigenvalue weighted by molar-refractivity contribution is 6.43. The number of hydrogen-bond donors (Lipinski definition) is 0. The molecule has 0 fully saturated rings. The fraction of sp³-hybridized carbons (Fsp3) is 0.778. The minimum atomic E-state index is 0.538. The Morgan fingerprint density at radius 2 is 1.73 bits per heavy atom. The van der Waals surface area contributed by atoms with E-state index in [1.54, 1.807) is 0 Å². The summed E-state index contributed by atoms with van der Waals surface area (Å²) in [6.07, 6.45) is 0. The van der Waals surface area contributed by atoms with E-state index in [1.165, 1.54) is 5.71 Å². The van der Waals surface area contributed by atoms with Crippen LogP contribution < -0.4 is 0 Å². The molecule has 2 nitrogen and oxygen atoms in total. The van der Waals surface area contributed by atoms with Gasteiger partial charge in [-0.25, -0.2) is 0 Å². The van der Waals surface area contributed by atoms with Gasteiger partial charge in [0, 0.05) is 0 Å². The van der Waals surface area contributed by atoms with Crippen LogP contribution in [0.4, 0.5) is 0 Å². The molecule has 0 amide bonds. The van der Waals surface area contributed by atoms with Gasteiger partial charge < -0.3 is 0 Å². The first-order valence-electron chi connectivity index (χ1n) is 4.27. The molecule has 0 aromatic heterocycles. The number of nitrogens with zero attached hydrogens (tertiary/aromatic N) is 2.